The maximum absolute atomic E-state index is 12.9. The Balaban J connectivity index is 4.16. The minimum atomic E-state index is -0.789. The Morgan fingerprint density at radius 2 is 0.500 bits per heavy atom. The van der Waals surface area contributed by atoms with E-state index in [4.69, 9.17) is 14.2 Å². The van der Waals surface area contributed by atoms with Gasteiger partial charge in [-0.2, -0.15) is 0 Å². The van der Waals surface area contributed by atoms with Gasteiger partial charge in [0.1, 0.15) is 13.2 Å². The summed E-state index contributed by atoms with van der Waals surface area (Å²) >= 11 is 0. The summed E-state index contributed by atoms with van der Waals surface area (Å²) in [6.45, 7) is 6.47. The molecule has 0 heterocycles. The zero-order chi connectivity index (χ0) is 56.4. The van der Waals surface area contributed by atoms with Crippen molar-refractivity contribution >= 4 is 17.9 Å². The Morgan fingerprint density at radius 1 is 0.269 bits per heavy atom. The first-order valence-electron chi connectivity index (χ1n) is 32.9. The molecule has 0 rings (SSSR count). The van der Waals surface area contributed by atoms with Crippen LogP contribution in [0.4, 0.5) is 0 Å². The van der Waals surface area contributed by atoms with Crippen molar-refractivity contribution in [3.05, 3.63) is 109 Å². The van der Waals surface area contributed by atoms with Crippen molar-refractivity contribution in [1.82, 2.24) is 0 Å². The number of carbonyl (C=O) groups excluding carboxylic acids is 3. The van der Waals surface area contributed by atoms with Gasteiger partial charge in [-0.05, 0) is 89.9 Å². The number of hydrogen-bond acceptors (Lipinski definition) is 6. The molecule has 78 heavy (non-hydrogen) atoms. The fourth-order valence-electron chi connectivity index (χ4n) is 9.14. The molecule has 6 heteroatoms. The molecule has 0 aliphatic rings. The van der Waals surface area contributed by atoms with Crippen LogP contribution in [-0.4, -0.2) is 37.2 Å². The molecule has 0 aromatic rings. The highest BCUT2D eigenvalue weighted by Crippen LogP contribution is 2.17. The second kappa shape index (κ2) is 65.6. The third-order valence-electron chi connectivity index (χ3n) is 14.0. The Labute approximate surface area is 482 Å². The summed E-state index contributed by atoms with van der Waals surface area (Å²) in [7, 11) is 0. The molecule has 0 fully saturated rings. The van der Waals surface area contributed by atoms with E-state index in [2.05, 4.69) is 130 Å². The van der Waals surface area contributed by atoms with Crippen molar-refractivity contribution in [3.8, 4) is 0 Å². The number of ether oxygens (including phenoxy) is 3. The van der Waals surface area contributed by atoms with Crippen molar-refractivity contribution in [1.29, 1.82) is 0 Å². The average molecular weight is 1080 g/mol. The van der Waals surface area contributed by atoms with Gasteiger partial charge >= 0.3 is 17.9 Å². The largest absolute Gasteiger partial charge is 0.462 e. The lowest BCUT2D eigenvalue weighted by atomic mass is 10.0. The van der Waals surface area contributed by atoms with E-state index in [1.807, 2.05) is 0 Å². The van der Waals surface area contributed by atoms with Gasteiger partial charge in [-0.1, -0.05) is 310 Å². The fourth-order valence-corrected chi connectivity index (χ4v) is 9.14. The van der Waals surface area contributed by atoms with Crippen molar-refractivity contribution in [2.75, 3.05) is 13.2 Å². The smallest absolute Gasteiger partial charge is 0.306 e. The fraction of sp³-hybridized carbons (Fsp3) is 0.708. The summed E-state index contributed by atoms with van der Waals surface area (Å²) in [5, 5.41) is 0. The molecule has 1 atom stereocenters. The Bertz CT molecular complexity index is 1570. The summed E-state index contributed by atoms with van der Waals surface area (Å²) in [4.78, 5) is 38.0. The second-order valence-corrected chi connectivity index (χ2v) is 21.7. The van der Waals surface area contributed by atoms with Gasteiger partial charge < -0.3 is 14.2 Å². The van der Waals surface area contributed by atoms with Gasteiger partial charge in [-0.3, -0.25) is 14.4 Å². The summed E-state index contributed by atoms with van der Waals surface area (Å²) in [5.74, 6) is -0.922. The van der Waals surface area contributed by atoms with Gasteiger partial charge in [-0.25, -0.2) is 0 Å². The first kappa shape index (κ1) is 74.1. The molecular formula is C72H122O6. The van der Waals surface area contributed by atoms with Crippen LogP contribution >= 0.6 is 0 Å². The summed E-state index contributed by atoms with van der Waals surface area (Å²) in [6, 6.07) is 0. The third kappa shape index (κ3) is 62.9. The third-order valence-corrected chi connectivity index (χ3v) is 14.0. The zero-order valence-electron chi connectivity index (χ0n) is 51.2. The summed E-state index contributed by atoms with van der Waals surface area (Å²) in [5.41, 5.74) is 0. The predicted molar refractivity (Wildman–Crippen MR) is 339 cm³/mol. The molecule has 6 nitrogen and oxygen atoms in total. The molecular weight excluding hydrogens is 961 g/mol. The molecule has 0 amide bonds. The van der Waals surface area contributed by atoms with Gasteiger partial charge in [0.05, 0.1) is 0 Å². The molecule has 0 radical (unpaired) electrons. The maximum atomic E-state index is 12.9. The topological polar surface area (TPSA) is 78.9 Å². The SMILES string of the molecule is CC/C=C\C/C=C\C/C=C\C/C=C\C/C=C\C/C=C\C/C=C\C/C=C\C/C=C\CCCCCC(=O)OCC(COC(=O)CCCCCCCC)OC(=O)CCCCCCCCCCCCCCCCCCCCCCCCC. The number of hydrogen-bond donors (Lipinski definition) is 0. The van der Waals surface area contributed by atoms with Crippen molar-refractivity contribution in [2.24, 2.45) is 0 Å². The van der Waals surface area contributed by atoms with E-state index >= 15 is 0 Å². The van der Waals surface area contributed by atoms with Crippen LogP contribution in [0, 0.1) is 0 Å². The van der Waals surface area contributed by atoms with Crippen LogP contribution in [0.1, 0.15) is 310 Å². The molecule has 1 unspecified atom stereocenters. The number of rotatable bonds is 59. The Kier molecular flexibility index (Phi) is 62.3. The van der Waals surface area contributed by atoms with E-state index in [0.717, 1.165) is 122 Å². The van der Waals surface area contributed by atoms with Crippen LogP contribution < -0.4 is 0 Å². The Hall–Kier alpha value is -3.93. The maximum Gasteiger partial charge on any atom is 0.306 e. The van der Waals surface area contributed by atoms with Gasteiger partial charge in [-0.15, -0.1) is 0 Å². The monoisotopic (exact) mass is 1080 g/mol. The van der Waals surface area contributed by atoms with Crippen LogP contribution in [0.2, 0.25) is 0 Å². The van der Waals surface area contributed by atoms with Crippen LogP contribution in [0.5, 0.6) is 0 Å². The van der Waals surface area contributed by atoms with Gasteiger partial charge in [0.15, 0.2) is 6.10 Å². The van der Waals surface area contributed by atoms with Crippen LogP contribution in [0.3, 0.4) is 0 Å². The average Bonchev–Trinajstić information content (AvgIpc) is 3.44. The molecule has 446 valence electrons. The van der Waals surface area contributed by atoms with Crippen molar-refractivity contribution in [2.45, 2.75) is 316 Å². The molecule has 0 N–H and O–H groups in total. The number of unbranched alkanes of at least 4 members (excludes halogenated alkanes) is 30. The Morgan fingerprint density at radius 3 is 0.782 bits per heavy atom. The van der Waals surface area contributed by atoms with E-state index in [0.29, 0.717) is 19.3 Å². The van der Waals surface area contributed by atoms with E-state index in [1.165, 1.54) is 148 Å². The lowest BCUT2D eigenvalue weighted by Gasteiger charge is -2.18. The molecule has 0 saturated carbocycles. The molecule has 0 bridgehead atoms. The summed E-state index contributed by atoms with van der Waals surface area (Å²) < 4.78 is 16.8. The number of allylic oxidation sites excluding steroid dienone is 18. The van der Waals surface area contributed by atoms with E-state index in [9.17, 15) is 14.4 Å². The molecule has 0 aliphatic carbocycles. The second-order valence-electron chi connectivity index (χ2n) is 21.7. The number of esters is 3. The summed E-state index contributed by atoms with van der Waals surface area (Å²) in [6.07, 6.45) is 90.0. The van der Waals surface area contributed by atoms with Crippen LogP contribution in [0.25, 0.3) is 0 Å². The van der Waals surface area contributed by atoms with E-state index in [-0.39, 0.29) is 31.1 Å². The quantitative estimate of drug-likeness (QED) is 0.0261. The minimum Gasteiger partial charge on any atom is -0.462 e. The zero-order valence-corrected chi connectivity index (χ0v) is 51.2. The molecule has 0 aromatic heterocycles. The molecule has 0 aliphatic heterocycles. The molecule has 0 spiro atoms. The first-order chi connectivity index (χ1) is 38.5. The van der Waals surface area contributed by atoms with E-state index < -0.39 is 6.10 Å². The predicted octanol–water partition coefficient (Wildman–Crippen LogP) is 22.6. The highest BCUT2D eigenvalue weighted by molar-refractivity contribution is 5.71. The van der Waals surface area contributed by atoms with Crippen LogP contribution in [-0.2, 0) is 28.6 Å². The lowest BCUT2D eigenvalue weighted by Crippen LogP contribution is -2.30. The van der Waals surface area contributed by atoms with Gasteiger partial charge in [0.25, 0.3) is 0 Å². The lowest BCUT2D eigenvalue weighted by molar-refractivity contribution is -0.167. The standard InChI is InChI=1S/C72H122O6/c1-4-7-10-13-16-18-20-22-24-26-28-30-32-33-34-35-36-37-38-39-41-42-44-46-48-50-52-54-56-59-62-65-71(74)77-68-69(67-76-70(73)64-61-58-15-12-9-6-3)78-72(75)66-63-60-57-55-53-51-49-47-45-43-40-31-29-27-25-23-21-19-17-14-11-8-5-2/h7,10,16,18,22,24,28,30,33-34,36-37,39,41,44,46,50,52,69H,4-6,8-9,11-15,17,19-21,23,25-27,29,31-32,35,38,40,42-43,45,47-49,51,53-68H2,1-3H3/b10-7-,18-16-,24-22-,30-28-,34-33-,37-36-,41-39-,46-44-,52-50-. The van der Waals surface area contributed by atoms with Crippen LogP contribution in [0.15, 0.2) is 109 Å². The first-order valence-corrected chi connectivity index (χ1v) is 32.9. The number of carbonyl (C=O) groups is 3. The van der Waals surface area contributed by atoms with Crippen molar-refractivity contribution in [3.63, 3.8) is 0 Å². The van der Waals surface area contributed by atoms with Gasteiger partial charge in [0, 0.05) is 19.3 Å². The van der Waals surface area contributed by atoms with Gasteiger partial charge in [0.2, 0.25) is 0 Å². The van der Waals surface area contributed by atoms with E-state index in [1.54, 1.807) is 0 Å². The molecule has 0 saturated heterocycles. The highest BCUT2D eigenvalue weighted by Gasteiger charge is 2.19. The normalized spacial score (nSPS) is 12.8. The highest BCUT2D eigenvalue weighted by atomic mass is 16.6. The molecule has 0 aromatic carbocycles. The minimum absolute atomic E-state index is 0.0869. The van der Waals surface area contributed by atoms with Crippen molar-refractivity contribution < 1.29 is 28.6 Å².